The van der Waals surface area contributed by atoms with Crippen LogP contribution < -0.4 is 15.8 Å². The standard InChI is InChI=1S/C12H17N3O5S/c1-7(2)14-12(17)15-21(18,19)10-6-8(13)4-5-9(10)11(16)20-3/h4-7H,13H2,1-3H3,(H2,14,15,17). The molecule has 0 heterocycles. The van der Waals surface area contributed by atoms with Crippen LogP contribution in [-0.4, -0.2) is 33.6 Å². The number of methoxy groups -OCH3 is 1. The van der Waals surface area contributed by atoms with Gasteiger partial charge in [-0.1, -0.05) is 0 Å². The highest BCUT2D eigenvalue weighted by molar-refractivity contribution is 7.90. The van der Waals surface area contributed by atoms with Gasteiger partial charge >= 0.3 is 12.0 Å². The quantitative estimate of drug-likeness (QED) is 0.547. The first-order chi connectivity index (χ1) is 9.67. The summed E-state index contributed by atoms with van der Waals surface area (Å²) in [6, 6.07) is 2.51. The predicted octanol–water partition coefficient (Wildman–Crippen LogP) is 0.452. The minimum atomic E-state index is -4.26. The molecule has 0 fully saturated rings. The van der Waals surface area contributed by atoms with Gasteiger partial charge in [-0.15, -0.1) is 0 Å². The zero-order valence-electron chi connectivity index (χ0n) is 11.8. The lowest BCUT2D eigenvalue weighted by Gasteiger charge is -2.13. The van der Waals surface area contributed by atoms with Gasteiger partial charge in [0.25, 0.3) is 10.0 Å². The van der Waals surface area contributed by atoms with E-state index in [-0.39, 0.29) is 17.3 Å². The smallest absolute Gasteiger partial charge is 0.339 e. The molecule has 0 aliphatic rings. The van der Waals surface area contributed by atoms with Gasteiger partial charge in [-0.05, 0) is 32.0 Å². The molecule has 1 aromatic rings. The molecule has 21 heavy (non-hydrogen) atoms. The Hall–Kier alpha value is -2.29. The van der Waals surface area contributed by atoms with E-state index < -0.39 is 26.9 Å². The molecule has 0 atom stereocenters. The molecular weight excluding hydrogens is 298 g/mol. The summed E-state index contributed by atoms with van der Waals surface area (Å²) in [5.41, 5.74) is 5.45. The Balaban J connectivity index is 3.21. The van der Waals surface area contributed by atoms with E-state index in [1.807, 2.05) is 4.72 Å². The topological polar surface area (TPSA) is 128 Å². The Morgan fingerprint density at radius 3 is 2.43 bits per heavy atom. The summed E-state index contributed by atoms with van der Waals surface area (Å²) in [6.45, 7) is 3.35. The van der Waals surface area contributed by atoms with Crippen molar-refractivity contribution in [3.8, 4) is 0 Å². The van der Waals surface area contributed by atoms with Crippen LogP contribution in [0.15, 0.2) is 23.1 Å². The second-order valence-electron chi connectivity index (χ2n) is 4.48. The van der Waals surface area contributed by atoms with E-state index in [0.29, 0.717) is 0 Å². The zero-order chi connectivity index (χ0) is 16.2. The number of rotatable bonds is 4. The molecule has 0 saturated heterocycles. The fraction of sp³-hybridized carbons (Fsp3) is 0.333. The SMILES string of the molecule is COC(=O)c1ccc(N)cc1S(=O)(=O)NC(=O)NC(C)C. The maximum atomic E-state index is 12.2. The summed E-state index contributed by atoms with van der Waals surface area (Å²) in [5, 5.41) is 2.37. The molecule has 0 unspecified atom stereocenters. The fourth-order valence-electron chi connectivity index (χ4n) is 1.51. The van der Waals surface area contributed by atoms with Crippen molar-refractivity contribution in [3.05, 3.63) is 23.8 Å². The molecule has 116 valence electrons. The zero-order valence-corrected chi connectivity index (χ0v) is 12.7. The van der Waals surface area contributed by atoms with Gasteiger partial charge in [-0.3, -0.25) is 0 Å². The first-order valence-electron chi connectivity index (χ1n) is 5.98. The van der Waals surface area contributed by atoms with Crippen LogP contribution in [0.3, 0.4) is 0 Å². The molecule has 0 saturated carbocycles. The van der Waals surface area contributed by atoms with E-state index >= 15 is 0 Å². The molecule has 1 rings (SSSR count). The highest BCUT2D eigenvalue weighted by Crippen LogP contribution is 2.20. The van der Waals surface area contributed by atoms with Crippen molar-refractivity contribution < 1.29 is 22.7 Å². The third kappa shape index (κ3) is 4.35. The van der Waals surface area contributed by atoms with Gasteiger partial charge in [0.15, 0.2) is 0 Å². The second-order valence-corrected chi connectivity index (χ2v) is 6.13. The molecule has 4 N–H and O–H groups in total. The molecule has 9 heteroatoms. The number of hydrogen-bond acceptors (Lipinski definition) is 6. The summed E-state index contributed by atoms with van der Waals surface area (Å²) in [6.07, 6.45) is 0. The van der Waals surface area contributed by atoms with Crippen molar-refractivity contribution in [1.82, 2.24) is 10.0 Å². The summed E-state index contributed by atoms with van der Waals surface area (Å²) in [5.74, 6) is -0.848. The summed E-state index contributed by atoms with van der Waals surface area (Å²) >= 11 is 0. The molecule has 0 spiro atoms. The molecule has 1 aromatic carbocycles. The maximum absolute atomic E-state index is 12.2. The Morgan fingerprint density at radius 1 is 1.29 bits per heavy atom. The minimum absolute atomic E-state index is 0.132. The number of ether oxygens (including phenoxy) is 1. The maximum Gasteiger partial charge on any atom is 0.339 e. The van der Waals surface area contributed by atoms with Crippen LogP contribution in [0.2, 0.25) is 0 Å². The van der Waals surface area contributed by atoms with Gasteiger partial charge in [-0.2, -0.15) is 0 Å². The molecule has 0 bridgehead atoms. The fourth-order valence-corrected chi connectivity index (χ4v) is 2.65. The Morgan fingerprint density at radius 2 is 1.90 bits per heavy atom. The van der Waals surface area contributed by atoms with Crippen LogP contribution >= 0.6 is 0 Å². The van der Waals surface area contributed by atoms with Crippen LogP contribution in [0.5, 0.6) is 0 Å². The summed E-state index contributed by atoms with van der Waals surface area (Å²) in [7, 11) is -3.14. The van der Waals surface area contributed by atoms with Crippen molar-refractivity contribution in [3.63, 3.8) is 0 Å². The first-order valence-corrected chi connectivity index (χ1v) is 7.47. The molecule has 0 aliphatic heterocycles. The number of esters is 1. The van der Waals surface area contributed by atoms with Gasteiger partial charge in [-0.25, -0.2) is 22.7 Å². The van der Waals surface area contributed by atoms with Crippen LogP contribution in [-0.2, 0) is 14.8 Å². The minimum Gasteiger partial charge on any atom is -0.465 e. The lowest BCUT2D eigenvalue weighted by Crippen LogP contribution is -2.42. The molecule has 2 amide bonds. The monoisotopic (exact) mass is 315 g/mol. The first kappa shape index (κ1) is 16.8. The van der Waals surface area contributed by atoms with Gasteiger partial charge in [0.2, 0.25) is 0 Å². The Bertz CT molecular complexity index is 655. The third-order valence-corrected chi connectivity index (χ3v) is 3.72. The number of benzene rings is 1. The van der Waals surface area contributed by atoms with E-state index in [9.17, 15) is 18.0 Å². The number of hydrogen-bond donors (Lipinski definition) is 3. The summed E-state index contributed by atoms with van der Waals surface area (Å²) in [4.78, 5) is 22.7. The number of sulfonamides is 1. The molecular formula is C12H17N3O5S. The van der Waals surface area contributed by atoms with Crippen molar-refractivity contribution in [2.75, 3.05) is 12.8 Å². The predicted molar refractivity (Wildman–Crippen MR) is 76.2 cm³/mol. The molecule has 0 aliphatic carbocycles. The van der Waals surface area contributed by atoms with Crippen LogP contribution in [0.4, 0.5) is 10.5 Å². The average molecular weight is 315 g/mol. The highest BCUT2D eigenvalue weighted by Gasteiger charge is 2.25. The second kappa shape index (κ2) is 6.44. The molecule has 8 nitrogen and oxygen atoms in total. The van der Waals surface area contributed by atoms with Gasteiger partial charge in [0, 0.05) is 11.7 Å². The van der Waals surface area contributed by atoms with Crippen LogP contribution in [0.1, 0.15) is 24.2 Å². The normalized spacial score (nSPS) is 11.0. The van der Waals surface area contributed by atoms with E-state index in [2.05, 4.69) is 10.1 Å². The Kier molecular flexibility index (Phi) is 5.14. The molecule has 0 aromatic heterocycles. The largest absolute Gasteiger partial charge is 0.465 e. The van der Waals surface area contributed by atoms with Crippen molar-refractivity contribution in [2.45, 2.75) is 24.8 Å². The van der Waals surface area contributed by atoms with Gasteiger partial charge in [0.1, 0.15) is 4.90 Å². The van der Waals surface area contributed by atoms with E-state index in [1.165, 1.54) is 12.1 Å². The number of carbonyl (C=O) groups excluding carboxylic acids is 2. The highest BCUT2D eigenvalue weighted by atomic mass is 32.2. The van der Waals surface area contributed by atoms with Crippen molar-refractivity contribution in [2.24, 2.45) is 0 Å². The van der Waals surface area contributed by atoms with E-state index in [4.69, 9.17) is 5.73 Å². The lowest BCUT2D eigenvalue weighted by molar-refractivity contribution is 0.0596. The number of nitrogens with two attached hydrogens (primary N) is 1. The van der Waals surface area contributed by atoms with Crippen LogP contribution in [0.25, 0.3) is 0 Å². The third-order valence-electron chi connectivity index (χ3n) is 2.35. The van der Waals surface area contributed by atoms with Crippen LogP contribution in [0, 0.1) is 0 Å². The van der Waals surface area contributed by atoms with Gasteiger partial charge < -0.3 is 15.8 Å². The number of anilines is 1. The van der Waals surface area contributed by atoms with Gasteiger partial charge in [0.05, 0.1) is 12.7 Å². The summed E-state index contributed by atoms with van der Waals surface area (Å²) < 4.78 is 30.7. The van der Waals surface area contributed by atoms with Crippen molar-refractivity contribution in [1.29, 1.82) is 0 Å². The number of urea groups is 1. The van der Waals surface area contributed by atoms with Crippen molar-refractivity contribution >= 4 is 27.7 Å². The average Bonchev–Trinajstić information content (AvgIpc) is 2.36. The molecule has 0 radical (unpaired) electrons. The van der Waals surface area contributed by atoms with E-state index in [0.717, 1.165) is 13.2 Å². The number of nitrogens with one attached hydrogen (secondary N) is 2. The number of amides is 2. The lowest BCUT2D eigenvalue weighted by atomic mass is 10.2. The van der Waals surface area contributed by atoms with E-state index in [1.54, 1.807) is 13.8 Å². The Labute approximate surface area is 122 Å². The number of carbonyl (C=O) groups is 2. The number of nitrogen functional groups attached to an aromatic ring is 1.